The quantitative estimate of drug-likeness (QED) is 0.356. The summed E-state index contributed by atoms with van der Waals surface area (Å²) in [5.41, 5.74) is 1.60. The SMILES string of the molecule is COc1ccccc1CC(=O)NC(C(=O)NC(Cc1ccccc1)C(O)CCC(=O)O)C(C)C. The maximum Gasteiger partial charge on any atom is 0.303 e. The lowest BCUT2D eigenvalue weighted by molar-refractivity contribution is -0.137. The van der Waals surface area contributed by atoms with Crippen molar-refractivity contribution in [1.82, 2.24) is 10.6 Å². The Morgan fingerprint density at radius 2 is 1.62 bits per heavy atom. The zero-order chi connectivity index (χ0) is 25.1. The third kappa shape index (κ3) is 8.51. The maximum absolute atomic E-state index is 13.2. The fourth-order valence-corrected chi connectivity index (χ4v) is 3.68. The van der Waals surface area contributed by atoms with Crippen LogP contribution in [0.4, 0.5) is 0 Å². The van der Waals surface area contributed by atoms with Crippen LogP contribution in [0.1, 0.15) is 37.8 Å². The predicted octanol–water partition coefficient (Wildman–Crippen LogP) is 2.33. The lowest BCUT2D eigenvalue weighted by atomic mass is 9.96. The number of hydrogen-bond acceptors (Lipinski definition) is 5. The van der Waals surface area contributed by atoms with Gasteiger partial charge in [-0.3, -0.25) is 14.4 Å². The topological polar surface area (TPSA) is 125 Å². The lowest BCUT2D eigenvalue weighted by Crippen LogP contribution is -2.55. The maximum atomic E-state index is 13.2. The highest BCUT2D eigenvalue weighted by Crippen LogP contribution is 2.18. The van der Waals surface area contributed by atoms with Gasteiger partial charge in [0.15, 0.2) is 0 Å². The molecule has 0 aliphatic heterocycles. The van der Waals surface area contributed by atoms with E-state index in [0.29, 0.717) is 17.7 Å². The van der Waals surface area contributed by atoms with Gasteiger partial charge in [-0.25, -0.2) is 0 Å². The summed E-state index contributed by atoms with van der Waals surface area (Å²) in [5.74, 6) is -1.40. The monoisotopic (exact) mass is 470 g/mol. The molecule has 0 bridgehead atoms. The Morgan fingerprint density at radius 3 is 2.24 bits per heavy atom. The van der Waals surface area contributed by atoms with Gasteiger partial charge in [0.2, 0.25) is 11.8 Å². The molecule has 8 nitrogen and oxygen atoms in total. The van der Waals surface area contributed by atoms with Crippen LogP contribution in [0.15, 0.2) is 54.6 Å². The second-order valence-corrected chi connectivity index (χ2v) is 8.58. The van der Waals surface area contributed by atoms with E-state index in [9.17, 15) is 19.5 Å². The number of carboxylic acids is 1. The minimum absolute atomic E-state index is 0.000377. The van der Waals surface area contributed by atoms with Crippen LogP contribution < -0.4 is 15.4 Å². The van der Waals surface area contributed by atoms with Crippen molar-refractivity contribution in [3.8, 4) is 5.75 Å². The average Bonchev–Trinajstić information content (AvgIpc) is 2.81. The van der Waals surface area contributed by atoms with E-state index in [1.54, 1.807) is 12.1 Å². The summed E-state index contributed by atoms with van der Waals surface area (Å²) < 4.78 is 5.29. The van der Waals surface area contributed by atoms with E-state index in [1.807, 2.05) is 56.3 Å². The zero-order valence-electron chi connectivity index (χ0n) is 19.9. The first-order valence-electron chi connectivity index (χ1n) is 11.4. The normalized spacial score (nSPS) is 13.6. The van der Waals surface area contributed by atoms with E-state index >= 15 is 0 Å². The van der Waals surface area contributed by atoms with Crippen molar-refractivity contribution in [3.63, 3.8) is 0 Å². The number of hydrogen-bond donors (Lipinski definition) is 4. The molecule has 0 radical (unpaired) electrons. The van der Waals surface area contributed by atoms with Crippen molar-refractivity contribution < 1.29 is 29.3 Å². The molecule has 2 aromatic carbocycles. The van der Waals surface area contributed by atoms with Crippen LogP contribution in [-0.4, -0.2) is 53.3 Å². The number of amides is 2. The van der Waals surface area contributed by atoms with Crippen LogP contribution in [0.2, 0.25) is 0 Å². The number of aliphatic hydroxyl groups excluding tert-OH is 1. The summed E-state index contributed by atoms with van der Waals surface area (Å²) in [5, 5.41) is 25.3. The van der Waals surface area contributed by atoms with Gasteiger partial charge in [0.05, 0.1) is 25.7 Å². The van der Waals surface area contributed by atoms with Gasteiger partial charge < -0.3 is 25.6 Å². The number of aliphatic hydroxyl groups is 1. The van der Waals surface area contributed by atoms with Crippen molar-refractivity contribution in [3.05, 3.63) is 65.7 Å². The van der Waals surface area contributed by atoms with E-state index in [0.717, 1.165) is 5.56 Å². The third-order valence-corrected chi connectivity index (χ3v) is 5.55. The minimum Gasteiger partial charge on any atom is -0.496 e. The van der Waals surface area contributed by atoms with Crippen LogP contribution in [0.5, 0.6) is 5.75 Å². The Hall–Kier alpha value is -3.39. The average molecular weight is 471 g/mol. The number of carboxylic acid groups (broad SMARTS) is 1. The zero-order valence-corrected chi connectivity index (χ0v) is 19.9. The van der Waals surface area contributed by atoms with Crippen molar-refractivity contribution >= 4 is 17.8 Å². The molecule has 0 saturated heterocycles. The molecule has 0 aliphatic carbocycles. The molecule has 2 aromatic rings. The van der Waals surface area contributed by atoms with Crippen LogP contribution in [-0.2, 0) is 27.2 Å². The second-order valence-electron chi connectivity index (χ2n) is 8.58. The molecular weight excluding hydrogens is 436 g/mol. The summed E-state index contributed by atoms with van der Waals surface area (Å²) in [4.78, 5) is 36.9. The van der Waals surface area contributed by atoms with E-state index < -0.39 is 30.1 Å². The molecule has 4 N–H and O–H groups in total. The standard InChI is InChI=1S/C26H34N2O6/c1-17(2)25(28-23(30)16-19-11-7-8-12-22(19)34-3)26(33)27-20(21(29)13-14-24(31)32)15-18-9-5-4-6-10-18/h4-12,17,20-21,25,29H,13-16H2,1-3H3,(H,27,33)(H,28,30)(H,31,32). The summed E-state index contributed by atoms with van der Waals surface area (Å²) >= 11 is 0. The molecule has 2 amide bonds. The number of carbonyl (C=O) groups is 3. The molecule has 0 heterocycles. The minimum atomic E-state index is -1.06. The summed E-state index contributed by atoms with van der Waals surface area (Å²) in [6.07, 6.45) is -0.898. The van der Waals surface area contributed by atoms with E-state index in [-0.39, 0.29) is 31.1 Å². The van der Waals surface area contributed by atoms with E-state index in [4.69, 9.17) is 9.84 Å². The molecule has 2 rings (SSSR count). The van der Waals surface area contributed by atoms with Crippen molar-refractivity contribution in [2.45, 2.75) is 57.7 Å². The van der Waals surface area contributed by atoms with Crippen LogP contribution in [0.3, 0.4) is 0 Å². The van der Waals surface area contributed by atoms with Gasteiger partial charge in [-0.15, -0.1) is 0 Å². The highest BCUT2D eigenvalue weighted by Gasteiger charge is 2.29. The smallest absolute Gasteiger partial charge is 0.303 e. The molecule has 0 spiro atoms. The van der Waals surface area contributed by atoms with Crippen molar-refractivity contribution in [1.29, 1.82) is 0 Å². The van der Waals surface area contributed by atoms with Crippen molar-refractivity contribution in [2.24, 2.45) is 5.92 Å². The van der Waals surface area contributed by atoms with Gasteiger partial charge >= 0.3 is 5.97 Å². The number of aliphatic carboxylic acids is 1. The molecule has 0 saturated carbocycles. The second kappa shape index (κ2) is 13.3. The molecule has 3 unspecified atom stereocenters. The van der Waals surface area contributed by atoms with Crippen LogP contribution >= 0.6 is 0 Å². The summed E-state index contributed by atoms with van der Waals surface area (Å²) in [6, 6.07) is 15.0. The molecule has 34 heavy (non-hydrogen) atoms. The Morgan fingerprint density at radius 1 is 0.971 bits per heavy atom. The van der Waals surface area contributed by atoms with E-state index in [2.05, 4.69) is 10.6 Å². The molecule has 0 fully saturated rings. The van der Waals surface area contributed by atoms with Gasteiger partial charge in [0, 0.05) is 12.0 Å². The Balaban J connectivity index is 2.11. The van der Waals surface area contributed by atoms with Crippen LogP contribution in [0, 0.1) is 5.92 Å². The number of rotatable bonds is 13. The molecule has 184 valence electrons. The fraction of sp³-hybridized carbons (Fsp3) is 0.423. The van der Waals surface area contributed by atoms with Gasteiger partial charge in [0.1, 0.15) is 11.8 Å². The molecule has 3 atom stereocenters. The van der Waals surface area contributed by atoms with Gasteiger partial charge in [-0.2, -0.15) is 0 Å². The first-order valence-corrected chi connectivity index (χ1v) is 11.4. The lowest BCUT2D eigenvalue weighted by Gasteiger charge is -2.28. The first kappa shape index (κ1) is 26.9. The molecule has 0 aromatic heterocycles. The highest BCUT2D eigenvalue weighted by molar-refractivity contribution is 5.89. The largest absolute Gasteiger partial charge is 0.496 e. The van der Waals surface area contributed by atoms with Gasteiger partial charge in [-0.05, 0) is 30.4 Å². The summed E-state index contributed by atoms with van der Waals surface area (Å²) in [7, 11) is 1.53. The van der Waals surface area contributed by atoms with Crippen molar-refractivity contribution in [2.75, 3.05) is 7.11 Å². The molecule has 8 heteroatoms. The molecular formula is C26H34N2O6. The Bertz CT molecular complexity index is 947. The number of benzene rings is 2. The molecule has 0 aliphatic rings. The number of para-hydroxylation sites is 1. The summed E-state index contributed by atoms with van der Waals surface area (Å²) in [6.45, 7) is 3.64. The number of nitrogens with one attached hydrogen (secondary N) is 2. The van der Waals surface area contributed by atoms with Crippen LogP contribution in [0.25, 0.3) is 0 Å². The first-order chi connectivity index (χ1) is 16.2. The predicted molar refractivity (Wildman–Crippen MR) is 128 cm³/mol. The van der Waals surface area contributed by atoms with E-state index in [1.165, 1.54) is 7.11 Å². The number of methoxy groups -OCH3 is 1. The number of ether oxygens (including phenoxy) is 1. The Labute approximate surface area is 200 Å². The van der Waals surface area contributed by atoms with Gasteiger partial charge in [0.25, 0.3) is 0 Å². The number of carbonyl (C=O) groups excluding carboxylic acids is 2. The third-order valence-electron chi connectivity index (χ3n) is 5.55. The fourth-order valence-electron chi connectivity index (χ4n) is 3.68. The van der Waals surface area contributed by atoms with Gasteiger partial charge in [-0.1, -0.05) is 62.4 Å². The highest BCUT2D eigenvalue weighted by atomic mass is 16.5. The Kier molecular flexibility index (Phi) is 10.5.